The van der Waals surface area contributed by atoms with Gasteiger partial charge >= 0.3 is 0 Å². The average molecular weight is 623 g/mol. The number of thioether (sulfide) groups is 1. The van der Waals surface area contributed by atoms with E-state index in [-0.39, 0.29) is 17.3 Å². The van der Waals surface area contributed by atoms with Crippen molar-refractivity contribution in [3.8, 4) is 0 Å². The normalized spacial score (nSPS) is 12.1. The second-order valence-corrected chi connectivity index (χ2v) is 12.8. The summed E-state index contributed by atoms with van der Waals surface area (Å²) in [5.74, 6) is -0.886. The molecule has 3 aromatic rings. The van der Waals surface area contributed by atoms with Crippen LogP contribution in [0.4, 0.5) is 5.69 Å². The third-order valence-corrected chi connectivity index (χ3v) is 9.57. The van der Waals surface area contributed by atoms with Crippen molar-refractivity contribution in [3.05, 3.63) is 87.9 Å². The van der Waals surface area contributed by atoms with Crippen molar-refractivity contribution in [2.75, 3.05) is 23.7 Å². The Kier molecular flexibility index (Phi) is 11.3. The number of sulfonamides is 1. The Morgan fingerprint density at radius 2 is 1.62 bits per heavy atom. The topological polar surface area (TPSA) is 86.8 Å². The van der Waals surface area contributed by atoms with Crippen molar-refractivity contribution in [1.82, 2.24) is 10.2 Å². The van der Waals surface area contributed by atoms with Gasteiger partial charge in [0.1, 0.15) is 12.6 Å². The minimum absolute atomic E-state index is 0.0284. The molecule has 40 heavy (non-hydrogen) atoms. The quantitative estimate of drug-likeness (QED) is 0.245. The van der Waals surface area contributed by atoms with E-state index in [2.05, 4.69) is 5.32 Å². The lowest BCUT2D eigenvalue weighted by Crippen LogP contribution is -2.51. The second-order valence-electron chi connectivity index (χ2n) is 9.26. The molecule has 1 atom stereocenters. The molecule has 11 heteroatoms. The Morgan fingerprint density at radius 1 is 0.975 bits per heavy atom. The molecule has 0 bridgehead atoms. The van der Waals surface area contributed by atoms with Gasteiger partial charge in [0.25, 0.3) is 10.0 Å². The Balaban J connectivity index is 2.02. The lowest BCUT2D eigenvalue weighted by Gasteiger charge is -2.32. The third kappa shape index (κ3) is 7.94. The molecule has 0 radical (unpaired) electrons. The summed E-state index contributed by atoms with van der Waals surface area (Å²) in [5.41, 5.74) is 1.93. The number of nitrogens with zero attached hydrogens (tertiary/aromatic N) is 2. The monoisotopic (exact) mass is 621 g/mol. The van der Waals surface area contributed by atoms with Gasteiger partial charge in [0.15, 0.2) is 0 Å². The average Bonchev–Trinajstić information content (AvgIpc) is 2.95. The molecule has 214 valence electrons. The van der Waals surface area contributed by atoms with Crippen molar-refractivity contribution in [3.63, 3.8) is 0 Å². The maximum atomic E-state index is 13.9. The van der Waals surface area contributed by atoms with Crippen LogP contribution in [0.3, 0.4) is 0 Å². The number of rotatable bonds is 12. The van der Waals surface area contributed by atoms with E-state index in [4.69, 9.17) is 23.2 Å². The van der Waals surface area contributed by atoms with Gasteiger partial charge < -0.3 is 10.2 Å². The van der Waals surface area contributed by atoms with Crippen molar-refractivity contribution in [2.24, 2.45) is 0 Å². The minimum Gasteiger partial charge on any atom is -0.354 e. The number of hydrogen-bond acceptors (Lipinski definition) is 5. The van der Waals surface area contributed by atoms with Crippen molar-refractivity contribution in [1.29, 1.82) is 0 Å². The minimum atomic E-state index is -4.13. The molecule has 0 aliphatic carbocycles. The van der Waals surface area contributed by atoms with Crippen LogP contribution in [0, 0.1) is 6.92 Å². The van der Waals surface area contributed by atoms with Crippen molar-refractivity contribution in [2.45, 2.75) is 49.6 Å². The standard InChI is InChI=1S/C29H33Cl2N3O4S2/c1-5-16-32-29(36)21(3)33(18-22-8-15-26(30)27(31)17-22)28(35)19-34(23-9-6-20(2)7-10-23)40(37,38)25-13-11-24(39-4)12-14-25/h6-15,17,21H,5,16,18-19H2,1-4H3,(H,32,36)/t21-/m0/s1. The molecule has 0 heterocycles. The first-order valence-corrected chi connectivity index (χ1v) is 16.1. The van der Waals surface area contributed by atoms with E-state index >= 15 is 0 Å². The molecule has 3 rings (SSSR count). The van der Waals surface area contributed by atoms with Crippen LogP contribution >= 0.6 is 35.0 Å². The molecular weight excluding hydrogens is 589 g/mol. The maximum absolute atomic E-state index is 13.9. The molecule has 0 aromatic heterocycles. The van der Waals surface area contributed by atoms with Gasteiger partial charge in [-0.15, -0.1) is 11.8 Å². The number of carbonyl (C=O) groups is 2. The fourth-order valence-corrected chi connectivity index (χ4v) is 6.07. The number of anilines is 1. The van der Waals surface area contributed by atoms with Crippen LogP contribution in [-0.2, 0) is 26.2 Å². The Morgan fingerprint density at radius 3 is 2.20 bits per heavy atom. The summed E-state index contributed by atoms with van der Waals surface area (Å²) in [4.78, 5) is 29.2. The molecule has 2 amide bonds. The van der Waals surface area contributed by atoms with E-state index in [0.29, 0.717) is 27.8 Å². The van der Waals surface area contributed by atoms with Gasteiger partial charge in [-0.3, -0.25) is 13.9 Å². The van der Waals surface area contributed by atoms with Crippen LogP contribution in [0.2, 0.25) is 10.0 Å². The number of aryl methyl sites for hydroxylation is 1. The summed E-state index contributed by atoms with van der Waals surface area (Å²) in [6, 6.07) is 17.5. The molecule has 7 nitrogen and oxygen atoms in total. The zero-order chi connectivity index (χ0) is 29.4. The fourth-order valence-electron chi connectivity index (χ4n) is 3.93. The first-order chi connectivity index (χ1) is 19.0. The number of halogens is 2. The summed E-state index contributed by atoms with van der Waals surface area (Å²) in [5, 5.41) is 3.49. The smallest absolute Gasteiger partial charge is 0.264 e. The second kappa shape index (κ2) is 14.3. The molecule has 0 aliphatic rings. The van der Waals surface area contributed by atoms with Gasteiger partial charge in [-0.2, -0.15) is 0 Å². The molecule has 1 N–H and O–H groups in total. The van der Waals surface area contributed by atoms with Crippen LogP contribution in [0.15, 0.2) is 76.5 Å². The van der Waals surface area contributed by atoms with Crippen molar-refractivity contribution >= 4 is 62.5 Å². The Bertz CT molecular complexity index is 1430. The zero-order valence-corrected chi connectivity index (χ0v) is 26.0. The number of amides is 2. The summed E-state index contributed by atoms with van der Waals surface area (Å²) in [6.45, 7) is 5.41. The van der Waals surface area contributed by atoms with Gasteiger partial charge in [0, 0.05) is 18.0 Å². The lowest BCUT2D eigenvalue weighted by molar-refractivity contribution is -0.139. The Hall–Kier alpha value is -2.72. The van der Waals surface area contributed by atoms with Gasteiger partial charge in [0.05, 0.1) is 20.6 Å². The van der Waals surface area contributed by atoms with E-state index in [1.807, 2.05) is 20.1 Å². The molecule has 3 aromatic carbocycles. The molecule has 0 aliphatic heterocycles. The number of nitrogens with one attached hydrogen (secondary N) is 1. The summed E-state index contributed by atoms with van der Waals surface area (Å²) in [7, 11) is -4.13. The predicted molar refractivity (Wildman–Crippen MR) is 164 cm³/mol. The van der Waals surface area contributed by atoms with Crippen LogP contribution < -0.4 is 9.62 Å². The van der Waals surface area contributed by atoms with Gasteiger partial charge in [-0.25, -0.2) is 8.42 Å². The maximum Gasteiger partial charge on any atom is 0.264 e. The predicted octanol–water partition coefficient (Wildman–Crippen LogP) is 6.16. The molecule has 0 unspecified atom stereocenters. The van der Waals surface area contributed by atoms with Crippen LogP contribution in [-0.4, -0.2) is 50.5 Å². The highest BCUT2D eigenvalue weighted by Gasteiger charge is 2.32. The molecule has 0 spiro atoms. The summed E-state index contributed by atoms with van der Waals surface area (Å²) < 4.78 is 28.9. The van der Waals surface area contributed by atoms with E-state index in [1.54, 1.807) is 61.5 Å². The third-order valence-electron chi connectivity index (χ3n) is 6.30. The number of hydrogen-bond donors (Lipinski definition) is 1. The largest absolute Gasteiger partial charge is 0.354 e. The van der Waals surface area contributed by atoms with Gasteiger partial charge in [-0.05, 0) is 80.6 Å². The number of benzene rings is 3. The Labute approximate surface area is 250 Å². The highest BCUT2D eigenvalue weighted by Crippen LogP contribution is 2.27. The summed E-state index contributed by atoms with van der Waals surface area (Å²) >= 11 is 13.8. The van der Waals surface area contributed by atoms with E-state index in [0.717, 1.165) is 21.2 Å². The van der Waals surface area contributed by atoms with Gasteiger partial charge in [-0.1, -0.05) is 53.9 Å². The molecule has 0 saturated carbocycles. The van der Waals surface area contributed by atoms with E-state index in [1.165, 1.54) is 28.8 Å². The highest BCUT2D eigenvalue weighted by atomic mass is 35.5. The lowest BCUT2D eigenvalue weighted by atomic mass is 10.1. The SMILES string of the molecule is CCCNC(=O)[C@H](C)N(Cc1ccc(Cl)c(Cl)c1)C(=O)CN(c1ccc(C)cc1)S(=O)(=O)c1ccc(SC)cc1. The number of carbonyl (C=O) groups excluding carboxylic acids is 2. The zero-order valence-electron chi connectivity index (χ0n) is 22.9. The fraction of sp³-hybridized carbons (Fsp3) is 0.310. The van der Waals surface area contributed by atoms with Gasteiger partial charge in [0.2, 0.25) is 11.8 Å². The van der Waals surface area contributed by atoms with Crippen LogP contribution in [0.1, 0.15) is 31.4 Å². The van der Waals surface area contributed by atoms with Crippen LogP contribution in [0.25, 0.3) is 0 Å². The summed E-state index contributed by atoms with van der Waals surface area (Å²) in [6.07, 6.45) is 2.63. The molecular formula is C29H33Cl2N3O4S2. The molecule has 0 fully saturated rings. The van der Waals surface area contributed by atoms with Crippen LogP contribution in [0.5, 0.6) is 0 Å². The first-order valence-electron chi connectivity index (χ1n) is 12.7. The van der Waals surface area contributed by atoms with E-state index < -0.39 is 28.5 Å². The highest BCUT2D eigenvalue weighted by molar-refractivity contribution is 7.98. The van der Waals surface area contributed by atoms with Crippen molar-refractivity contribution < 1.29 is 18.0 Å². The molecule has 0 saturated heterocycles. The first kappa shape index (κ1) is 31.8. The van der Waals surface area contributed by atoms with E-state index in [9.17, 15) is 18.0 Å².